The van der Waals surface area contributed by atoms with Gasteiger partial charge in [0.1, 0.15) is 4.88 Å². The lowest BCUT2D eigenvalue weighted by molar-refractivity contribution is 0.0702. The van der Waals surface area contributed by atoms with Crippen molar-refractivity contribution in [2.45, 2.75) is 6.61 Å². The van der Waals surface area contributed by atoms with Crippen LogP contribution >= 0.6 is 11.3 Å². The zero-order valence-corrected chi connectivity index (χ0v) is 9.20. The molecular formula is C12H10O3S. The van der Waals surface area contributed by atoms with E-state index in [1.165, 1.54) is 11.3 Å². The summed E-state index contributed by atoms with van der Waals surface area (Å²) in [6, 6.07) is 10.8. The van der Waals surface area contributed by atoms with Gasteiger partial charge in [0, 0.05) is 4.88 Å². The van der Waals surface area contributed by atoms with Gasteiger partial charge < -0.3 is 10.2 Å². The Balaban J connectivity index is 2.38. The second-order valence-electron chi connectivity index (χ2n) is 3.33. The number of hydrogen-bond donors (Lipinski definition) is 2. The summed E-state index contributed by atoms with van der Waals surface area (Å²) in [5.74, 6) is -0.908. The molecule has 2 rings (SSSR count). The number of aromatic carboxylic acids is 1. The van der Waals surface area contributed by atoms with Gasteiger partial charge in [-0.3, -0.25) is 0 Å². The maximum Gasteiger partial charge on any atom is 0.345 e. The van der Waals surface area contributed by atoms with Gasteiger partial charge in [-0.05, 0) is 29.3 Å². The number of carbonyl (C=O) groups is 1. The van der Waals surface area contributed by atoms with E-state index < -0.39 is 5.97 Å². The van der Waals surface area contributed by atoms with E-state index in [4.69, 9.17) is 10.2 Å². The van der Waals surface area contributed by atoms with Crippen LogP contribution in [0.2, 0.25) is 0 Å². The van der Waals surface area contributed by atoms with Gasteiger partial charge in [-0.25, -0.2) is 4.79 Å². The van der Waals surface area contributed by atoms with E-state index in [0.29, 0.717) is 4.88 Å². The molecule has 2 N–H and O–H groups in total. The molecule has 0 unspecified atom stereocenters. The van der Waals surface area contributed by atoms with Crippen LogP contribution < -0.4 is 0 Å². The van der Waals surface area contributed by atoms with Crippen molar-refractivity contribution in [3.8, 4) is 10.4 Å². The van der Waals surface area contributed by atoms with Gasteiger partial charge in [0.25, 0.3) is 0 Å². The molecule has 4 heteroatoms. The fourth-order valence-corrected chi connectivity index (χ4v) is 2.27. The second-order valence-corrected chi connectivity index (χ2v) is 4.41. The van der Waals surface area contributed by atoms with Crippen molar-refractivity contribution in [3.05, 3.63) is 46.8 Å². The molecule has 1 aromatic heterocycles. The van der Waals surface area contributed by atoms with Crippen LogP contribution in [0.3, 0.4) is 0 Å². The minimum absolute atomic E-state index is 0.00893. The largest absolute Gasteiger partial charge is 0.477 e. The van der Waals surface area contributed by atoms with Crippen molar-refractivity contribution < 1.29 is 15.0 Å². The molecule has 2 aromatic rings. The van der Waals surface area contributed by atoms with Gasteiger partial charge >= 0.3 is 5.97 Å². The summed E-state index contributed by atoms with van der Waals surface area (Å²) in [5.41, 5.74) is 1.76. The summed E-state index contributed by atoms with van der Waals surface area (Å²) in [6.07, 6.45) is 0. The highest BCUT2D eigenvalue weighted by molar-refractivity contribution is 7.17. The van der Waals surface area contributed by atoms with Gasteiger partial charge in [0.05, 0.1) is 6.61 Å². The lowest BCUT2D eigenvalue weighted by Gasteiger charge is -2.00. The maximum atomic E-state index is 10.7. The first-order chi connectivity index (χ1) is 7.70. The van der Waals surface area contributed by atoms with E-state index in [2.05, 4.69) is 0 Å². The zero-order chi connectivity index (χ0) is 11.5. The molecule has 3 nitrogen and oxygen atoms in total. The van der Waals surface area contributed by atoms with Crippen molar-refractivity contribution in [2.24, 2.45) is 0 Å². The minimum Gasteiger partial charge on any atom is -0.477 e. The fraction of sp³-hybridized carbons (Fsp3) is 0.0833. The number of hydrogen-bond acceptors (Lipinski definition) is 3. The van der Waals surface area contributed by atoms with Gasteiger partial charge in [-0.2, -0.15) is 0 Å². The Bertz CT molecular complexity index is 516. The van der Waals surface area contributed by atoms with E-state index >= 15 is 0 Å². The van der Waals surface area contributed by atoms with Crippen LogP contribution in [0.5, 0.6) is 0 Å². The second kappa shape index (κ2) is 4.47. The first kappa shape index (κ1) is 10.9. The molecule has 0 fully saturated rings. The van der Waals surface area contributed by atoms with Crippen LogP contribution in [-0.2, 0) is 6.61 Å². The first-order valence-electron chi connectivity index (χ1n) is 4.74. The van der Waals surface area contributed by atoms with Crippen molar-refractivity contribution in [2.75, 3.05) is 0 Å². The average molecular weight is 234 g/mol. The Morgan fingerprint density at radius 2 is 2.06 bits per heavy atom. The number of carboxylic acids is 1. The number of aliphatic hydroxyl groups excluding tert-OH is 1. The van der Waals surface area contributed by atoms with Crippen LogP contribution in [0.15, 0.2) is 36.4 Å². The standard InChI is InChI=1S/C12H10O3S/c13-7-8-2-1-3-9(6-8)10-4-5-11(16-10)12(14)15/h1-6,13H,7H2,(H,14,15). The molecule has 0 aliphatic heterocycles. The highest BCUT2D eigenvalue weighted by Crippen LogP contribution is 2.28. The fourth-order valence-electron chi connectivity index (χ4n) is 1.43. The summed E-state index contributed by atoms with van der Waals surface area (Å²) in [4.78, 5) is 12.0. The van der Waals surface area contributed by atoms with Gasteiger partial charge in [0.15, 0.2) is 0 Å². The quantitative estimate of drug-likeness (QED) is 0.858. The van der Waals surface area contributed by atoms with Crippen molar-refractivity contribution in [3.63, 3.8) is 0 Å². The molecule has 0 radical (unpaired) electrons. The molecule has 0 bridgehead atoms. The molecule has 82 valence electrons. The molecule has 1 aromatic carbocycles. The SMILES string of the molecule is O=C(O)c1ccc(-c2cccc(CO)c2)s1. The highest BCUT2D eigenvalue weighted by Gasteiger charge is 2.08. The lowest BCUT2D eigenvalue weighted by atomic mass is 10.1. The van der Waals surface area contributed by atoms with Crippen LogP contribution in [-0.4, -0.2) is 16.2 Å². The monoisotopic (exact) mass is 234 g/mol. The van der Waals surface area contributed by atoms with Crippen LogP contribution in [0.25, 0.3) is 10.4 Å². The third kappa shape index (κ3) is 2.13. The molecule has 0 atom stereocenters. The number of carboxylic acid groups (broad SMARTS) is 1. The van der Waals surface area contributed by atoms with E-state index in [-0.39, 0.29) is 6.61 Å². The molecule has 0 spiro atoms. The normalized spacial score (nSPS) is 10.3. The predicted octanol–water partition coefficient (Wildman–Crippen LogP) is 2.61. The number of benzene rings is 1. The molecule has 0 amide bonds. The van der Waals surface area contributed by atoms with E-state index in [9.17, 15) is 4.79 Å². The maximum absolute atomic E-state index is 10.7. The smallest absolute Gasteiger partial charge is 0.345 e. The van der Waals surface area contributed by atoms with E-state index in [0.717, 1.165) is 16.0 Å². The van der Waals surface area contributed by atoms with Gasteiger partial charge in [0.2, 0.25) is 0 Å². The third-order valence-electron chi connectivity index (χ3n) is 2.21. The van der Waals surface area contributed by atoms with Gasteiger partial charge in [-0.15, -0.1) is 11.3 Å². The molecule has 16 heavy (non-hydrogen) atoms. The Kier molecular flexibility index (Phi) is 3.03. The summed E-state index contributed by atoms with van der Waals surface area (Å²) in [6.45, 7) is -0.00893. The van der Waals surface area contributed by atoms with Crippen LogP contribution in [0.4, 0.5) is 0 Å². The van der Waals surface area contributed by atoms with E-state index in [1.807, 2.05) is 24.3 Å². The highest BCUT2D eigenvalue weighted by atomic mass is 32.1. The first-order valence-corrected chi connectivity index (χ1v) is 5.55. The predicted molar refractivity (Wildman–Crippen MR) is 62.6 cm³/mol. The number of rotatable bonds is 3. The van der Waals surface area contributed by atoms with Crippen LogP contribution in [0.1, 0.15) is 15.2 Å². The minimum atomic E-state index is -0.908. The van der Waals surface area contributed by atoms with Gasteiger partial charge in [-0.1, -0.05) is 18.2 Å². The number of aliphatic hydroxyl groups is 1. The zero-order valence-electron chi connectivity index (χ0n) is 8.38. The molecule has 1 heterocycles. The molecule has 0 saturated heterocycles. The van der Waals surface area contributed by atoms with Crippen molar-refractivity contribution >= 4 is 17.3 Å². The average Bonchev–Trinajstić information content (AvgIpc) is 2.78. The van der Waals surface area contributed by atoms with E-state index in [1.54, 1.807) is 12.1 Å². The van der Waals surface area contributed by atoms with Crippen LogP contribution in [0, 0.1) is 0 Å². The van der Waals surface area contributed by atoms with Crippen molar-refractivity contribution in [1.29, 1.82) is 0 Å². The Morgan fingerprint density at radius 3 is 2.69 bits per heavy atom. The summed E-state index contributed by atoms with van der Waals surface area (Å²) in [5, 5.41) is 17.8. The van der Waals surface area contributed by atoms with Crippen molar-refractivity contribution in [1.82, 2.24) is 0 Å². The third-order valence-corrected chi connectivity index (χ3v) is 3.33. The Labute approximate surface area is 96.6 Å². The summed E-state index contributed by atoms with van der Waals surface area (Å²) >= 11 is 1.23. The lowest BCUT2D eigenvalue weighted by Crippen LogP contribution is -1.89. The topological polar surface area (TPSA) is 57.5 Å². The molecule has 0 aliphatic carbocycles. The number of thiophene rings is 1. The summed E-state index contributed by atoms with van der Waals surface area (Å²) < 4.78 is 0. The summed E-state index contributed by atoms with van der Waals surface area (Å²) in [7, 11) is 0. The molecule has 0 saturated carbocycles. The molecule has 0 aliphatic rings. The molecular weight excluding hydrogens is 224 g/mol. The Morgan fingerprint density at radius 1 is 1.25 bits per heavy atom. The Hall–Kier alpha value is -1.65.